The first-order valence-corrected chi connectivity index (χ1v) is 51.4. The van der Waals surface area contributed by atoms with Crippen molar-refractivity contribution in [1.29, 1.82) is 0 Å². The van der Waals surface area contributed by atoms with Crippen molar-refractivity contribution in [1.82, 2.24) is 13.7 Å². The monoisotopic (exact) mass is 1900 g/mol. The quantitative estimate of drug-likeness (QED) is 0.0964. The van der Waals surface area contributed by atoms with Crippen molar-refractivity contribution in [2.45, 2.75) is 19.3 Å². The van der Waals surface area contributed by atoms with Crippen LogP contribution in [-0.4, -0.2) is 13.7 Å². The zero-order chi connectivity index (χ0) is 99.0. The van der Waals surface area contributed by atoms with E-state index in [0.29, 0.717) is 0 Å². The summed E-state index contributed by atoms with van der Waals surface area (Å²) in [5, 5.41) is 20.3. The van der Waals surface area contributed by atoms with Crippen LogP contribution in [0.4, 0.5) is 51.2 Å². The smallest absolute Gasteiger partial charge is 0.0547 e. The van der Waals surface area contributed by atoms with E-state index < -0.39 is 0 Å². The maximum atomic E-state index is 2.41. The van der Waals surface area contributed by atoms with Gasteiger partial charge < -0.3 is 28.4 Å². The Hall–Kier alpha value is -19.4. The van der Waals surface area contributed by atoms with Crippen molar-refractivity contribution in [2.75, 3.05) is 14.7 Å². The van der Waals surface area contributed by atoms with Crippen LogP contribution < -0.4 is 14.7 Å². The normalized spacial score (nSPS) is 12.0. The second kappa shape index (κ2) is 37.4. The summed E-state index contributed by atoms with van der Waals surface area (Å²) in [6.45, 7) is 4.70. The van der Waals surface area contributed by atoms with E-state index in [1.54, 1.807) is 0 Å². The van der Waals surface area contributed by atoms with E-state index in [-0.39, 0.29) is 5.41 Å². The third-order valence-corrected chi connectivity index (χ3v) is 30.5. The number of fused-ring (bicyclic) bond motifs is 18. The Bertz CT molecular complexity index is 9930. The first-order chi connectivity index (χ1) is 73.6. The molecular formula is C143H100N6. The van der Waals surface area contributed by atoms with Gasteiger partial charge >= 0.3 is 0 Å². The molecule has 0 unspecified atom stereocenters. The molecule has 0 spiro atoms. The summed E-state index contributed by atoms with van der Waals surface area (Å²) in [4.78, 5) is 7.05. The maximum absolute atomic E-state index is 2.41. The summed E-state index contributed by atoms with van der Waals surface area (Å²) >= 11 is 0. The Labute approximate surface area is 865 Å². The number of rotatable bonds is 16. The molecule has 25 aromatic carbocycles. The van der Waals surface area contributed by atoms with Gasteiger partial charge in [0.25, 0.3) is 0 Å². The first kappa shape index (κ1) is 88.5. The van der Waals surface area contributed by atoms with E-state index >= 15 is 0 Å². The predicted molar refractivity (Wildman–Crippen MR) is 633 cm³/mol. The molecule has 29 rings (SSSR count). The average Bonchev–Trinajstić information content (AvgIpc) is 1.59. The molecule has 1 aliphatic rings. The summed E-state index contributed by atoms with van der Waals surface area (Å²) in [5.74, 6) is 0. The number of benzene rings is 25. The number of para-hydroxylation sites is 5. The van der Waals surface area contributed by atoms with E-state index in [4.69, 9.17) is 0 Å². The molecule has 0 radical (unpaired) electrons. The van der Waals surface area contributed by atoms with Gasteiger partial charge in [-0.05, 0) is 321 Å². The van der Waals surface area contributed by atoms with E-state index in [1.165, 1.54) is 186 Å². The number of hydrogen-bond acceptors (Lipinski definition) is 3. The first-order valence-electron chi connectivity index (χ1n) is 51.4. The lowest BCUT2D eigenvalue weighted by atomic mass is 9.82. The lowest BCUT2D eigenvalue weighted by molar-refractivity contribution is 0.660. The highest BCUT2D eigenvalue weighted by molar-refractivity contribution is 6.22. The molecule has 6 nitrogen and oxygen atoms in total. The number of anilines is 9. The van der Waals surface area contributed by atoms with Crippen LogP contribution >= 0.6 is 0 Å². The Morgan fingerprint density at radius 3 is 0.953 bits per heavy atom. The van der Waals surface area contributed by atoms with Crippen LogP contribution in [0.25, 0.3) is 192 Å². The fourth-order valence-electron chi connectivity index (χ4n) is 23.2. The third kappa shape index (κ3) is 16.0. The largest absolute Gasteiger partial charge is 0.311 e. The molecule has 149 heavy (non-hydrogen) atoms. The van der Waals surface area contributed by atoms with Crippen LogP contribution in [0.3, 0.4) is 0 Å². The Kier molecular flexibility index (Phi) is 22.2. The SMILES string of the molecule is CC1(C)c2ccccc2-c2ccc(N(c3ccc(-c4ccccc4)cc3)c3ccc(-c4ccc(-n5c6ccccc6c6c7ccccc7ccc65)cc4)cc3)cc21.c1ccc(N(c2ccc(-c3ccc4ccccc4c3)cc2)c2ccc(-n3c4ccccc4c4cc5ccccc5cc43)cc2)cc1.c1ccc(N(c2ccc(-c3cccc4ccccc34)cc2)c2ccc(-n3c4ccccc4c4cc5ccccc5cc43)cc2)cc1. The lowest BCUT2D eigenvalue weighted by Gasteiger charge is -2.28. The van der Waals surface area contributed by atoms with Gasteiger partial charge in [-0.2, -0.15) is 0 Å². The van der Waals surface area contributed by atoms with Gasteiger partial charge in [0.2, 0.25) is 0 Å². The predicted octanol–water partition coefficient (Wildman–Crippen LogP) is 39.5. The van der Waals surface area contributed by atoms with Gasteiger partial charge in [0.15, 0.2) is 0 Å². The van der Waals surface area contributed by atoms with E-state index in [0.717, 1.165) is 68.2 Å². The molecule has 0 N–H and O–H groups in total. The molecule has 0 bridgehead atoms. The van der Waals surface area contributed by atoms with Gasteiger partial charge in [-0.3, -0.25) is 0 Å². The molecule has 3 aromatic heterocycles. The summed E-state index contributed by atoms with van der Waals surface area (Å²) in [7, 11) is 0. The van der Waals surface area contributed by atoms with Gasteiger partial charge in [0.1, 0.15) is 0 Å². The van der Waals surface area contributed by atoms with Crippen molar-refractivity contribution in [3.63, 3.8) is 0 Å². The molecule has 0 amide bonds. The number of hydrogen-bond donors (Lipinski definition) is 0. The number of aromatic nitrogens is 3. The second-order valence-electron chi connectivity index (χ2n) is 39.5. The summed E-state index contributed by atoms with van der Waals surface area (Å²) < 4.78 is 7.19. The minimum atomic E-state index is -0.0895. The molecular weight excluding hydrogens is 1800 g/mol. The lowest BCUT2D eigenvalue weighted by Crippen LogP contribution is -2.16. The van der Waals surface area contributed by atoms with Gasteiger partial charge in [0.05, 0.1) is 33.1 Å². The topological polar surface area (TPSA) is 24.5 Å². The van der Waals surface area contributed by atoms with Crippen LogP contribution in [0, 0.1) is 0 Å². The minimum absolute atomic E-state index is 0.0895. The zero-order valence-corrected chi connectivity index (χ0v) is 82.5. The molecule has 702 valence electrons. The summed E-state index contributed by atoms with van der Waals surface area (Å²) in [5.41, 5.74) is 35.8. The van der Waals surface area contributed by atoms with Gasteiger partial charge in [-0.1, -0.05) is 384 Å². The van der Waals surface area contributed by atoms with Crippen LogP contribution in [0.15, 0.2) is 570 Å². The summed E-state index contributed by atoms with van der Waals surface area (Å²) in [6.07, 6.45) is 0. The van der Waals surface area contributed by atoms with E-state index in [2.05, 4.69) is 612 Å². The molecule has 0 aliphatic heterocycles. The highest BCUT2D eigenvalue weighted by Crippen LogP contribution is 2.53. The molecule has 1 aliphatic carbocycles. The van der Waals surface area contributed by atoms with Crippen LogP contribution in [0.2, 0.25) is 0 Å². The van der Waals surface area contributed by atoms with Crippen LogP contribution in [0.5, 0.6) is 0 Å². The van der Waals surface area contributed by atoms with Crippen molar-refractivity contribution in [3.8, 4) is 72.7 Å². The Morgan fingerprint density at radius 2 is 0.450 bits per heavy atom. The molecule has 0 fully saturated rings. The van der Waals surface area contributed by atoms with Crippen LogP contribution in [-0.2, 0) is 5.41 Å². The molecule has 6 heteroatoms. The molecule has 0 saturated heterocycles. The summed E-state index contributed by atoms with van der Waals surface area (Å²) in [6, 6.07) is 207. The Balaban J connectivity index is 0.000000111. The van der Waals surface area contributed by atoms with Crippen molar-refractivity contribution in [3.05, 3.63) is 581 Å². The van der Waals surface area contributed by atoms with Crippen molar-refractivity contribution in [2.24, 2.45) is 0 Å². The molecule has 3 heterocycles. The van der Waals surface area contributed by atoms with Gasteiger partial charge in [-0.15, -0.1) is 0 Å². The van der Waals surface area contributed by atoms with Crippen molar-refractivity contribution < 1.29 is 0 Å². The Morgan fingerprint density at radius 1 is 0.148 bits per heavy atom. The highest BCUT2D eigenvalue weighted by atomic mass is 15.2. The molecule has 28 aromatic rings. The second-order valence-corrected chi connectivity index (χ2v) is 39.5. The van der Waals surface area contributed by atoms with E-state index in [1.807, 2.05) is 0 Å². The van der Waals surface area contributed by atoms with Gasteiger partial charge in [0, 0.05) is 106 Å². The third-order valence-electron chi connectivity index (χ3n) is 30.5. The van der Waals surface area contributed by atoms with Gasteiger partial charge in [-0.25, -0.2) is 0 Å². The zero-order valence-electron chi connectivity index (χ0n) is 82.5. The fraction of sp³-hybridized carbons (Fsp3) is 0.0210. The average molecular weight is 1900 g/mol. The van der Waals surface area contributed by atoms with Crippen molar-refractivity contribution >= 4 is 170 Å². The van der Waals surface area contributed by atoms with E-state index in [9.17, 15) is 0 Å². The number of nitrogens with zero attached hydrogens (tertiary/aromatic N) is 6. The standard InChI is InChI=1S/C55H40N2.2C44H30N2/c1-55(2)50-18-10-8-16-47(50)48-34-33-45(36-51(48)55)56(42-27-20-38(21-28-42)37-12-4-3-5-13-37)43-29-22-39(23-30-43)40-24-31-44(32-25-40)57-52-19-11-9-17-49(52)54-46-15-7-6-14-41(46)26-35-53(54)57;1-2-15-35(16-3-1)45(36-23-21-32(22-24-36)40-19-10-14-31-11-6-7-17-39(31)40)37-25-27-38(28-26-37)46-43-20-9-8-18-41(43)42-29-33-12-4-5-13-34(33)30-44(42)46;1-2-14-37(15-3-1)45(38-22-20-32(21-23-38)36-19-18-31-10-4-5-11-33(31)28-36)39-24-26-40(27-25-39)46-43-17-9-8-16-41(43)42-29-34-12-6-7-13-35(34)30-44(42)46/h3-36H,1-2H3;2*1-30H. The molecule has 0 saturated carbocycles. The maximum Gasteiger partial charge on any atom is 0.0547 e. The highest BCUT2D eigenvalue weighted by Gasteiger charge is 2.36. The molecule has 0 atom stereocenters. The van der Waals surface area contributed by atoms with Crippen LogP contribution in [0.1, 0.15) is 25.0 Å². The minimum Gasteiger partial charge on any atom is -0.311 e. The fourth-order valence-corrected chi connectivity index (χ4v) is 23.2.